The molecule has 3 aromatic carbocycles. The molecule has 2 aliphatic rings. The van der Waals surface area contributed by atoms with E-state index in [0.29, 0.717) is 45.6 Å². The van der Waals surface area contributed by atoms with Crippen LogP contribution in [0.2, 0.25) is 0 Å². The van der Waals surface area contributed by atoms with Crippen molar-refractivity contribution in [3.63, 3.8) is 0 Å². The molecule has 0 bridgehead atoms. The van der Waals surface area contributed by atoms with Crippen LogP contribution in [0.1, 0.15) is 67.2 Å². The minimum absolute atomic E-state index is 0.411. The average molecular weight is 555 g/mol. The number of benzene rings is 3. The van der Waals surface area contributed by atoms with Gasteiger partial charge in [0.1, 0.15) is 36.2 Å². The van der Waals surface area contributed by atoms with Gasteiger partial charge in [0.25, 0.3) is 0 Å². The Labute approximate surface area is 244 Å². The Morgan fingerprint density at radius 2 is 1.27 bits per heavy atom. The highest BCUT2D eigenvalue weighted by atomic mass is 16.5. The standard InChI is InChI=1S/C36H42O5/c1-4-19-37-21-23-39-30-15-17-32-34(25-30)41-35-26-31(40-24-22-38-20-5-2)16-18-33(35)36(32,3)29-13-11-28(12-14-29)27-9-7-6-8-10-27/h4-5,11-18,25-27H,1-2,6-10,19-24H2,3H3. The fourth-order valence-corrected chi connectivity index (χ4v) is 6.05. The summed E-state index contributed by atoms with van der Waals surface area (Å²) in [6, 6.07) is 21.6. The molecule has 0 amide bonds. The van der Waals surface area contributed by atoms with Crippen molar-refractivity contribution in [1.82, 2.24) is 0 Å². The van der Waals surface area contributed by atoms with Crippen LogP contribution in [0.4, 0.5) is 0 Å². The maximum Gasteiger partial charge on any atom is 0.135 e. The molecule has 0 radical (unpaired) electrons. The Balaban J connectivity index is 1.44. The predicted octanol–water partition coefficient (Wildman–Crippen LogP) is 8.36. The Morgan fingerprint density at radius 3 is 1.78 bits per heavy atom. The van der Waals surface area contributed by atoms with Gasteiger partial charge in [-0.15, -0.1) is 13.2 Å². The third kappa shape index (κ3) is 6.69. The van der Waals surface area contributed by atoms with Gasteiger partial charge in [-0.1, -0.05) is 67.8 Å². The molecule has 0 unspecified atom stereocenters. The van der Waals surface area contributed by atoms with Gasteiger partial charge in [0.2, 0.25) is 0 Å². The lowest BCUT2D eigenvalue weighted by Gasteiger charge is -2.38. The predicted molar refractivity (Wildman–Crippen MR) is 164 cm³/mol. The lowest BCUT2D eigenvalue weighted by Crippen LogP contribution is -2.29. The topological polar surface area (TPSA) is 46.2 Å². The average Bonchev–Trinajstić information content (AvgIpc) is 3.01. The van der Waals surface area contributed by atoms with Gasteiger partial charge in [0.05, 0.1) is 26.4 Å². The fraction of sp³-hybridized carbons (Fsp3) is 0.389. The van der Waals surface area contributed by atoms with Gasteiger partial charge in [-0.3, -0.25) is 0 Å². The number of fused-ring (bicyclic) bond motifs is 2. The summed E-state index contributed by atoms with van der Waals surface area (Å²) >= 11 is 0. The smallest absolute Gasteiger partial charge is 0.135 e. The Hall–Kier alpha value is -3.54. The van der Waals surface area contributed by atoms with Gasteiger partial charge >= 0.3 is 0 Å². The molecule has 1 aliphatic heterocycles. The molecule has 0 aromatic heterocycles. The van der Waals surface area contributed by atoms with Gasteiger partial charge < -0.3 is 23.7 Å². The van der Waals surface area contributed by atoms with E-state index >= 15 is 0 Å². The maximum atomic E-state index is 6.54. The third-order valence-corrected chi connectivity index (χ3v) is 8.23. The lowest BCUT2D eigenvalue weighted by atomic mass is 9.69. The van der Waals surface area contributed by atoms with E-state index in [-0.39, 0.29) is 0 Å². The molecular formula is C36H42O5. The summed E-state index contributed by atoms with van der Waals surface area (Å²) in [5, 5.41) is 0. The number of ether oxygens (including phenoxy) is 5. The maximum absolute atomic E-state index is 6.54. The summed E-state index contributed by atoms with van der Waals surface area (Å²) in [5.74, 6) is 3.73. The highest BCUT2D eigenvalue weighted by Crippen LogP contribution is 2.53. The van der Waals surface area contributed by atoms with E-state index in [1.165, 1.54) is 43.2 Å². The van der Waals surface area contributed by atoms with Crippen molar-refractivity contribution in [2.75, 3.05) is 39.6 Å². The molecule has 0 saturated heterocycles. The first kappa shape index (κ1) is 29.0. The van der Waals surface area contributed by atoms with Crippen molar-refractivity contribution in [1.29, 1.82) is 0 Å². The van der Waals surface area contributed by atoms with Crippen molar-refractivity contribution < 1.29 is 23.7 Å². The summed E-state index contributed by atoms with van der Waals surface area (Å²) in [6.07, 6.45) is 10.1. The highest BCUT2D eigenvalue weighted by Gasteiger charge is 2.40. The quantitative estimate of drug-likeness (QED) is 0.148. The monoisotopic (exact) mass is 554 g/mol. The number of rotatable bonds is 14. The Bertz CT molecular complexity index is 1240. The van der Waals surface area contributed by atoms with Crippen LogP contribution in [-0.2, 0) is 14.9 Å². The van der Waals surface area contributed by atoms with E-state index in [2.05, 4.69) is 56.5 Å². The Kier molecular flexibility index (Phi) is 9.81. The second-order valence-electron chi connectivity index (χ2n) is 10.9. The van der Waals surface area contributed by atoms with Crippen LogP contribution in [0.15, 0.2) is 86.0 Å². The first-order chi connectivity index (χ1) is 20.1. The summed E-state index contributed by atoms with van der Waals surface area (Å²) in [4.78, 5) is 0. The van der Waals surface area contributed by atoms with E-state index < -0.39 is 5.41 Å². The fourth-order valence-electron chi connectivity index (χ4n) is 6.05. The van der Waals surface area contributed by atoms with Crippen molar-refractivity contribution in [2.45, 2.75) is 50.4 Å². The molecule has 3 aromatic rings. The third-order valence-electron chi connectivity index (χ3n) is 8.23. The van der Waals surface area contributed by atoms with Gasteiger partial charge in [0, 0.05) is 28.7 Å². The first-order valence-corrected chi connectivity index (χ1v) is 14.8. The van der Waals surface area contributed by atoms with Crippen molar-refractivity contribution >= 4 is 0 Å². The van der Waals surface area contributed by atoms with Gasteiger partial charge in [-0.05, 0) is 48.9 Å². The van der Waals surface area contributed by atoms with Crippen LogP contribution in [0.25, 0.3) is 0 Å². The molecule has 41 heavy (non-hydrogen) atoms. The van der Waals surface area contributed by atoms with E-state index in [1.807, 2.05) is 24.3 Å². The minimum Gasteiger partial charge on any atom is -0.491 e. The molecule has 0 N–H and O–H groups in total. The molecule has 216 valence electrons. The second kappa shape index (κ2) is 13.9. The van der Waals surface area contributed by atoms with Crippen LogP contribution < -0.4 is 14.2 Å². The number of hydrogen-bond acceptors (Lipinski definition) is 5. The van der Waals surface area contributed by atoms with Gasteiger partial charge in [-0.2, -0.15) is 0 Å². The minimum atomic E-state index is -0.411. The lowest BCUT2D eigenvalue weighted by molar-refractivity contribution is 0.121. The normalized spacial score (nSPS) is 15.7. The first-order valence-electron chi connectivity index (χ1n) is 14.8. The second-order valence-corrected chi connectivity index (χ2v) is 10.9. The molecule has 0 spiro atoms. The Morgan fingerprint density at radius 1 is 0.732 bits per heavy atom. The molecule has 5 nitrogen and oxygen atoms in total. The summed E-state index contributed by atoms with van der Waals surface area (Å²) in [5.41, 5.74) is 4.50. The van der Waals surface area contributed by atoms with Crippen molar-refractivity contribution in [3.8, 4) is 23.0 Å². The SMILES string of the molecule is C=CCOCCOc1ccc2c(c1)Oc1cc(OCCOCC=C)ccc1C2(C)c1ccc(C2CCCCC2)cc1. The zero-order valence-electron chi connectivity index (χ0n) is 24.2. The zero-order valence-corrected chi connectivity index (χ0v) is 24.2. The molecule has 0 atom stereocenters. The van der Waals surface area contributed by atoms with Crippen LogP contribution in [0, 0.1) is 0 Å². The van der Waals surface area contributed by atoms with Crippen LogP contribution >= 0.6 is 0 Å². The van der Waals surface area contributed by atoms with Crippen molar-refractivity contribution in [3.05, 3.63) is 108 Å². The zero-order chi connectivity index (χ0) is 28.5. The van der Waals surface area contributed by atoms with E-state index in [9.17, 15) is 0 Å². The summed E-state index contributed by atoms with van der Waals surface area (Å²) in [7, 11) is 0. The molecule has 5 heteroatoms. The van der Waals surface area contributed by atoms with E-state index in [1.54, 1.807) is 12.2 Å². The molecule has 1 heterocycles. The van der Waals surface area contributed by atoms with Crippen molar-refractivity contribution in [2.24, 2.45) is 0 Å². The summed E-state index contributed by atoms with van der Waals surface area (Å²) < 4.78 is 29.5. The molecule has 1 aliphatic carbocycles. The number of hydrogen-bond donors (Lipinski definition) is 0. The molecule has 1 fully saturated rings. The molecular weight excluding hydrogens is 512 g/mol. The van der Waals surface area contributed by atoms with Crippen LogP contribution in [-0.4, -0.2) is 39.6 Å². The van der Waals surface area contributed by atoms with Crippen LogP contribution in [0.5, 0.6) is 23.0 Å². The molecule has 1 saturated carbocycles. The molecule has 5 rings (SSSR count). The van der Waals surface area contributed by atoms with Gasteiger partial charge in [-0.25, -0.2) is 0 Å². The largest absolute Gasteiger partial charge is 0.491 e. The van der Waals surface area contributed by atoms with E-state index in [0.717, 1.165) is 34.1 Å². The van der Waals surface area contributed by atoms with Crippen LogP contribution in [0.3, 0.4) is 0 Å². The van der Waals surface area contributed by atoms with Gasteiger partial charge in [0.15, 0.2) is 0 Å². The van der Waals surface area contributed by atoms with E-state index in [4.69, 9.17) is 23.7 Å². The summed E-state index contributed by atoms with van der Waals surface area (Å²) in [6.45, 7) is 12.6. The highest BCUT2D eigenvalue weighted by molar-refractivity contribution is 5.64.